The number of hydrogen-bond acceptors (Lipinski definition) is 4. The van der Waals surface area contributed by atoms with Gasteiger partial charge in [0.25, 0.3) is 5.91 Å². The molecule has 0 aromatic heterocycles. The van der Waals surface area contributed by atoms with Crippen LogP contribution in [-0.2, 0) is 9.53 Å². The molecule has 0 spiro atoms. The molecule has 126 valence electrons. The van der Waals surface area contributed by atoms with Crippen molar-refractivity contribution in [3.63, 3.8) is 0 Å². The van der Waals surface area contributed by atoms with E-state index in [1.165, 1.54) is 0 Å². The summed E-state index contributed by atoms with van der Waals surface area (Å²) in [5, 5.41) is 0.383. The molecule has 1 aliphatic heterocycles. The van der Waals surface area contributed by atoms with Crippen molar-refractivity contribution >= 4 is 35.2 Å². The molecule has 1 aliphatic rings. The molecule has 1 aromatic rings. The van der Waals surface area contributed by atoms with Crippen molar-refractivity contribution in [2.75, 3.05) is 5.75 Å². The fourth-order valence-electron chi connectivity index (χ4n) is 2.57. The summed E-state index contributed by atoms with van der Waals surface area (Å²) in [6.07, 6.45) is 1.58. The maximum absolute atomic E-state index is 13.0. The molecule has 0 aliphatic carbocycles. The van der Waals surface area contributed by atoms with Crippen molar-refractivity contribution in [2.45, 2.75) is 51.1 Å². The maximum atomic E-state index is 13.0. The fourth-order valence-corrected chi connectivity index (χ4v) is 4.29. The number of ether oxygens (including phenoxy) is 1. The molecule has 23 heavy (non-hydrogen) atoms. The Kier molecular flexibility index (Phi) is 6.36. The van der Waals surface area contributed by atoms with Crippen LogP contribution in [0.1, 0.15) is 44.0 Å². The lowest BCUT2D eigenvalue weighted by atomic mass is 10.1. The van der Waals surface area contributed by atoms with E-state index in [0.29, 0.717) is 16.3 Å². The molecular weight excluding hydrogens is 334 g/mol. The molecule has 0 radical (unpaired) electrons. The van der Waals surface area contributed by atoms with Gasteiger partial charge >= 0.3 is 5.97 Å². The van der Waals surface area contributed by atoms with Gasteiger partial charge < -0.3 is 9.64 Å². The summed E-state index contributed by atoms with van der Waals surface area (Å²) in [4.78, 5) is 27.0. The first-order chi connectivity index (χ1) is 11.0. The van der Waals surface area contributed by atoms with Gasteiger partial charge in [-0.1, -0.05) is 37.1 Å². The maximum Gasteiger partial charge on any atom is 0.330 e. The number of thioether (sulfide) groups is 1. The van der Waals surface area contributed by atoms with Crippen LogP contribution in [0.2, 0.25) is 5.02 Å². The zero-order valence-electron chi connectivity index (χ0n) is 13.6. The number of esters is 1. The molecule has 6 heteroatoms. The number of halogens is 1. The Morgan fingerprint density at radius 3 is 2.70 bits per heavy atom. The van der Waals surface area contributed by atoms with Crippen LogP contribution < -0.4 is 0 Å². The van der Waals surface area contributed by atoms with E-state index in [1.807, 2.05) is 13.8 Å². The average Bonchev–Trinajstić information content (AvgIpc) is 2.90. The van der Waals surface area contributed by atoms with E-state index >= 15 is 0 Å². The van der Waals surface area contributed by atoms with E-state index in [9.17, 15) is 9.59 Å². The molecule has 1 fully saturated rings. The van der Waals surface area contributed by atoms with Crippen molar-refractivity contribution in [3.05, 3.63) is 34.9 Å². The molecule has 4 nitrogen and oxygen atoms in total. The van der Waals surface area contributed by atoms with Crippen LogP contribution in [0.3, 0.4) is 0 Å². The lowest BCUT2D eigenvalue weighted by molar-refractivity contribution is -0.151. The Balaban J connectivity index is 2.29. The number of nitrogens with zero attached hydrogens (tertiary/aromatic N) is 1. The zero-order chi connectivity index (χ0) is 17.0. The molecule has 1 saturated heterocycles. The Labute approximate surface area is 146 Å². The van der Waals surface area contributed by atoms with Crippen LogP contribution in [0.4, 0.5) is 0 Å². The number of rotatable bonds is 5. The van der Waals surface area contributed by atoms with Gasteiger partial charge in [-0.2, -0.15) is 0 Å². The van der Waals surface area contributed by atoms with E-state index in [0.717, 1.165) is 12.8 Å². The van der Waals surface area contributed by atoms with E-state index in [4.69, 9.17) is 16.3 Å². The lowest BCUT2D eigenvalue weighted by Crippen LogP contribution is -2.46. The van der Waals surface area contributed by atoms with Crippen LogP contribution in [0.15, 0.2) is 24.3 Å². The van der Waals surface area contributed by atoms with Crippen LogP contribution in [0.25, 0.3) is 0 Å². The number of benzene rings is 1. The predicted octanol–water partition coefficient (Wildman–Crippen LogP) is 3.98. The van der Waals surface area contributed by atoms with E-state index in [2.05, 4.69) is 6.92 Å². The quantitative estimate of drug-likeness (QED) is 0.749. The van der Waals surface area contributed by atoms with Crippen LogP contribution >= 0.6 is 23.4 Å². The summed E-state index contributed by atoms with van der Waals surface area (Å²) < 4.78 is 5.33. The number of carbonyl (C=O) groups excluding carboxylic acids is 2. The van der Waals surface area contributed by atoms with Gasteiger partial charge in [0, 0.05) is 5.75 Å². The molecule has 2 atom stereocenters. The topological polar surface area (TPSA) is 46.6 Å². The van der Waals surface area contributed by atoms with Gasteiger partial charge in [-0.15, -0.1) is 11.8 Å². The zero-order valence-corrected chi connectivity index (χ0v) is 15.2. The Morgan fingerprint density at radius 1 is 1.39 bits per heavy atom. The molecule has 1 heterocycles. The summed E-state index contributed by atoms with van der Waals surface area (Å²) in [5.74, 6) is 0.0168. The second-order valence-corrected chi connectivity index (χ2v) is 7.39. The lowest BCUT2D eigenvalue weighted by Gasteiger charge is -2.29. The number of carbonyl (C=O) groups is 2. The highest BCUT2D eigenvalue weighted by Gasteiger charge is 2.42. The van der Waals surface area contributed by atoms with E-state index < -0.39 is 6.04 Å². The summed E-state index contributed by atoms with van der Waals surface area (Å²) in [6, 6.07) is 6.39. The van der Waals surface area contributed by atoms with Gasteiger partial charge in [0.2, 0.25) is 0 Å². The van der Waals surface area contributed by atoms with Crippen LogP contribution in [-0.4, -0.2) is 40.0 Å². The molecule has 1 amide bonds. The second kappa shape index (κ2) is 8.06. The highest BCUT2D eigenvalue weighted by molar-refractivity contribution is 8.00. The smallest absolute Gasteiger partial charge is 0.330 e. The molecule has 0 saturated carbocycles. The third-order valence-corrected chi connectivity index (χ3v) is 5.28. The largest absolute Gasteiger partial charge is 0.461 e. The molecule has 1 aromatic carbocycles. The van der Waals surface area contributed by atoms with Crippen molar-refractivity contribution in [1.29, 1.82) is 0 Å². The minimum Gasteiger partial charge on any atom is -0.461 e. The molecule has 0 N–H and O–H groups in total. The number of hydrogen-bond donors (Lipinski definition) is 0. The molecule has 0 bridgehead atoms. The summed E-state index contributed by atoms with van der Waals surface area (Å²) in [6.45, 7) is 5.69. The first-order valence-corrected chi connectivity index (χ1v) is 9.27. The molecule has 0 unspecified atom stereocenters. The van der Waals surface area contributed by atoms with E-state index in [1.54, 1.807) is 40.9 Å². The summed E-state index contributed by atoms with van der Waals surface area (Å²) in [5.41, 5.74) is 0.431. The first kappa shape index (κ1) is 18.1. The minimum absolute atomic E-state index is 0.0199. The third-order valence-electron chi connectivity index (χ3n) is 3.59. The van der Waals surface area contributed by atoms with Gasteiger partial charge in [-0.25, -0.2) is 4.79 Å². The van der Waals surface area contributed by atoms with E-state index in [-0.39, 0.29) is 23.4 Å². The monoisotopic (exact) mass is 355 g/mol. The predicted molar refractivity (Wildman–Crippen MR) is 93.8 cm³/mol. The van der Waals surface area contributed by atoms with Crippen molar-refractivity contribution < 1.29 is 14.3 Å². The van der Waals surface area contributed by atoms with Crippen LogP contribution in [0.5, 0.6) is 0 Å². The van der Waals surface area contributed by atoms with Crippen molar-refractivity contribution in [2.24, 2.45) is 0 Å². The standard InChI is InChI=1S/C17H22ClNO3S/c1-4-7-15-19(14(10-23-15)17(21)22-11(2)3)16(20)12-8-5-6-9-13(12)18/h5-6,8-9,11,14-15H,4,7,10H2,1-3H3/t14-,15-/m0/s1. The normalized spacial score (nSPS) is 20.8. The Hall–Kier alpha value is -1.20. The van der Waals surface area contributed by atoms with Gasteiger partial charge in [0.15, 0.2) is 0 Å². The number of amides is 1. The van der Waals surface area contributed by atoms with Gasteiger partial charge in [0.05, 0.1) is 22.1 Å². The summed E-state index contributed by atoms with van der Waals surface area (Å²) in [7, 11) is 0. The third kappa shape index (κ3) is 4.21. The average molecular weight is 356 g/mol. The van der Waals surface area contributed by atoms with Gasteiger partial charge in [-0.3, -0.25) is 4.79 Å². The fraction of sp³-hybridized carbons (Fsp3) is 0.529. The summed E-state index contributed by atoms with van der Waals surface area (Å²) >= 11 is 7.79. The van der Waals surface area contributed by atoms with Crippen molar-refractivity contribution in [3.8, 4) is 0 Å². The highest BCUT2D eigenvalue weighted by Crippen LogP contribution is 2.35. The first-order valence-electron chi connectivity index (χ1n) is 7.85. The van der Waals surface area contributed by atoms with Crippen LogP contribution in [0, 0.1) is 0 Å². The Bertz CT molecular complexity index is 579. The van der Waals surface area contributed by atoms with Gasteiger partial charge in [-0.05, 0) is 32.4 Å². The molecular formula is C17H22ClNO3S. The van der Waals surface area contributed by atoms with Gasteiger partial charge in [0.1, 0.15) is 6.04 Å². The second-order valence-electron chi connectivity index (χ2n) is 5.77. The Morgan fingerprint density at radius 2 is 2.09 bits per heavy atom. The van der Waals surface area contributed by atoms with Crippen molar-refractivity contribution in [1.82, 2.24) is 4.90 Å². The molecule has 2 rings (SSSR count). The highest BCUT2D eigenvalue weighted by atomic mass is 35.5. The minimum atomic E-state index is -0.553. The SMILES string of the molecule is CCC[C@@H]1SC[C@@H](C(=O)OC(C)C)N1C(=O)c1ccccc1Cl.